The zero-order chi connectivity index (χ0) is 15.2. The van der Waals surface area contributed by atoms with E-state index in [-0.39, 0.29) is 23.7 Å². The van der Waals surface area contributed by atoms with Crippen LogP contribution in [0.5, 0.6) is 0 Å². The molecule has 0 aromatic carbocycles. The highest BCUT2D eigenvalue weighted by Gasteiger charge is 2.49. The Bertz CT molecular complexity index is 464. The number of rotatable bonds is 8. The molecule has 1 aromatic heterocycles. The first kappa shape index (κ1) is 15.6. The first-order valence-corrected chi connectivity index (χ1v) is 7.76. The second-order valence-corrected chi connectivity index (χ2v) is 5.57. The maximum Gasteiger partial charge on any atom is 0.226 e. The lowest BCUT2D eigenvalue weighted by atomic mass is 10.2. The summed E-state index contributed by atoms with van der Waals surface area (Å²) in [6.45, 7) is 6.08. The highest BCUT2D eigenvalue weighted by molar-refractivity contribution is 5.92. The fourth-order valence-corrected chi connectivity index (χ4v) is 2.58. The van der Waals surface area contributed by atoms with Crippen molar-refractivity contribution in [3.8, 4) is 0 Å². The first-order valence-electron chi connectivity index (χ1n) is 7.76. The van der Waals surface area contributed by atoms with Gasteiger partial charge >= 0.3 is 0 Å². The molecule has 1 heterocycles. The van der Waals surface area contributed by atoms with Crippen molar-refractivity contribution in [3.63, 3.8) is 0 Å². The summed E-state index contributed by atoms with van der Waals surface area (Å²) in [5, 5.41) is 2.83. The van der Waals surface area contributed by atoms with Gasteiger partial charge in [0.2, 0.25) is 11.8 Å². The Kier molecular flexibility index (Phi) is 5.42. The maximum absolute atomic E-state index is 12.4. The number of hydrogen-bond donors (Lipinski definition) is 1. The van der Waals surface area contributed by atoms with Crippen LogP contribution in [0.4, 0.5) is 0 Å². The van der Waals surface area contributed by atoms with Crippen molar-refractivity contribution in [2.45, 2.75) is 39.7 Å². The molecule has 5 nitrogen and oxygen atoms in total. The van der Waals surface area contributed by atoms with Crippen molar-refractivity contribution >= 4 is 11.8 Å². The van der Waals surface area contributed by atoms with Crippen LogP contribution in [-0.2, 0) is 16.1 Å². The molecular formula is C16H24N2O3. The average molecular weight is 292 g/mol. The van der Waals surface area contributed by atoms with Gasteiger partial charge in [0.25, 0.3) is 0 Å². The van der Waals surface area contributed by atoms with E-state index in [0.29, 0.717) is 13.0 Å². The summed E-state index contributed by atoms with van der Waals surface area (Å²) in [5.41, 5.74) is 0. The molecule has 2 unspecified atom stereocenters. The fraction of sp³-hybridized carbons (Fsp3) is 0.625. The monoisotopic (exact) mass is 292 g/mol. The van der Waals surface area contributed by atoms with Crippen LogP contribution in [0.15, 0.2) is 22.8 Å². The number of amides is 2. The summed E-state index contributed by atoms with van der Waals surface area (Å²) in [6, 6.07) is 3.61. The normalized spacial score (nSPS) is 20.1. The first-order chi connectivity index (χ1) is 10.2. The predicted octanol–water partition coefficient (Wildman–Crippen LogP) is 2.18. The number of furan rings is 1. The Hall–Kier alpha value is -1.78. The summed E-state index contributed by atoms with van der Waals surface area (Å²) in [5.74, 6) is 0.531. The molecule has 5 heteroatoms. The molecule has 1 fully saturated rings. The minimum absolute atomic E-state index is 0.0438. The van der Waals surface area contributed by atoms with E-state index in [1.54, 1.807) is 12.3 Å². The van der Waals surface area contributed by atoms with Gasteiger partial charge in [-0.05, 0) is 31.4 Å². The van der Waals surface area contributed by atoms with Crippen molar-refractivity contribution < 1.29 is 14.0 Å². The largest absolute Gasteiger partial charge is 0.467 e. The van der Waals surface area contributed by atoms with E-state index in [9.17, 15) is 9.59 Å². The lowest BCUT2D eigenvalue weighted by Crippen LogP contribution is -2.35. The smallest absolute Gasteiger partial charge is 0.226 e. The Labute approximate surface area is 125 Å². The van der Waals surface area contributed by atoms with Gasteiger partial charge in [-0.1, -0.05) is 13.8 Å². The van der Waals surface area contributed by atoms with Gasteiger partial charge in [-0.15, -0.1) is 0 Å². The number of nitrogens with one attached hydrogen (secondary N) is 1. The van der Waals surface area contributed by atoms with E-state index in [1.165, 1.54) is 0 Å². The molecule has 1 aromatic rings. The summed E-state index contributed by atoms with van der Waals surface area (Å²) >= 11 is 0. The van der Waals surface area contributed by atoms with Gasteiger partial charge in [0.1, 0.15) is 5.76 Å². The van der Waals surface area contributed by atoms with E-state index >= 15 is 0 Å². The van der Waals surface area contributed by atoms with Crippen molar-refractivity contribution in [1.29, 1.82) is 0 Å². The molecule has 0 saturated heterocycles. The van der Waals surface area contributed by atoms with E-state index < -0.39 is 0 Å². The second-order valence-electron chi connectivity index (χ2n) is 5.57. The van der Waals surface area contributed by atoms with Crippen molar-refractivity contribution in [2.24, 2.45) is 11.8 Å². The lowest BCUT2D eigenvalue weighted by Gasteiger charge is -2.21. The summed E-state index contributed by atoms with van der Waals surface area (Å²) in [7, 11) is 0. The highest BCUT2D eigenvalue weighted by atomic mass is 16.3. The van der Waals surface area contributed by atoms with Gasteiger partial charge in [-0.2, -0.15) is 0 Å². The van der Waals surface area contributed by atoms with E-state index in [1.807, 2.05) is 11.0 Å². The molecule has 0 radical (unpaired) electrons. The highest BCUT2D eigenvalue weighted by Crippen LogP contribution is 2.40. The van der Waals surface area contributed by atoms with Crippen LogP contribution in [-0.4, -0.2) is 29.8 Å². The minimum Gasteiger partial charge on any atom is -0.467 e. The van der Waals surface area contributed by atoms with Gasteiger partial charge in [0, 0.05) is 13.1 Å². The molecule has 21 heavy (non-hydrogen) atoms. The minimum atomic E-state index is -0.163. The van der Waals surface area contributed by atoms with Crippen LogP contribution in [0.25, 0.3) is 0 Å². The van der Waals surface area contributed by atoms with Crippen LogP contribution >= 0.6 is 0 Å². The van der Waals surface area contributed by atoms with Gasteiger partial charge in [0.05, 0.1) is 24.6 Å². The van der Waals surface area contributed by atoms with Crippen LogP contribution in [0.1, 0.15) is 38.9 Å². The quantitative estimate of drug-likeness (QED) is 0.799. The Morgan fingerprint density at radius 3 is 2.57 bits per heavy atom. The SMILES string of the molecule is CCCN(CCC)C(=O)C1CC1C(=O)NCc1ccco1. The van der Waals surface area contributed by atoms with Gasteiger partial charge in [-0.25, -0.2) is 0 Å². The molecule has 1 aliphatic carbocycles. The number of carbonyl (C=O) groups excluding carboxylic acids is 2. The Balaban J connectivity index is 1.79. The standard InChI is InChI=1S/C16H24N2O3/c1-3-7-18(8-4-2)16(20)14-10-13(14)15(19)17-11-12-6-5-9-21-12/h5-6,9,13-14H,3-4,7-8,10-11H2,1-2H3,(H,17,19). The zero-order valence-electron chi connectivity index (χ0n) is 12.8. The molecule has 0 spiro atoms. The van der Waals surface area contributed by atoms with Gasteiger partial charge in [0.15, 0.2) is 0 Å². The molecule has 2 amide bonds. The zero-order valence-corrected chi connectivity index (χ0v) is 12.8. The second kappa shape index (κ2) is 7.29. The van der Waals surface area contributed by atoms with E-state index in [0.717, 1.165) is 31.7 Å². The van der Waals surface area contributed by atoms with Crippen molar-refractivity contribution in [1.82, 2.24) is 10.2 Å². The Morgan fingerprint density at radius 2 is 2.00 bits per heavy atom. The number of nitrogens with zero attached hydrogens (tertiary/aromatic N) is 1. The number of carbonyl (C=O) groups is 2. The molecule has 116 valence electrons. The third kappa shape index (κ3) is 4.09. The third-order valence-corrected chi connectivity index (χ3v) is 3.76. The molecule has 1 saturated carbocycles. The summed E-state index contributed by atoms with van der Waals surface area (Å²) in [6.07, 6.45) is 4.16. The van der Waals surface area contributed by atoms with Crippen LogP contribution in [0.2, 0.25) is 0 Å². The van der Waals surface area contributed by atoms with E-state index in [4.69, 9.17) is 4.42 Å². The third-order valence-electron chi connectivity index (χ3n) is 3.76. The van der Waals surface area contributed by atoms with Crippen LogP contribution in [0, 0.1) is 11.8 Å². The van der Waals surface area contributed by atoms with Crippen LogP contribution in [0.3, 0.4) is 0 Å². The molecule has 1 aliphatic rings. The molecule has 2 rings (SSSR count). The molecule has 2 atom stereocenters. The summed E-state index contributed by atoms with van der Waals surface area (Å²) in [4.78, 5) is 26.3. The van der Waals surface area contributed by atoms with Gasteiger partial charge in [-0.3, -0.25) is 9.59 Å². The molecular weight excluding hydrogens is 268 g/mol. The molecule has 0 aliphatic heterocycles. The Morgan fingerprint density at radius 1 is 1.29 bits per heavy atom. The van der Waals surface area contributed by atoms with Crippen molar-refractivity contribution in [3.05, 3.63) is 24.2 Å². The molecule has 1 N–H and O–H groups in total. The lowest BCUT2D eigenvalue weighted by molar-refractivity contribution is -0.134. The van der Waals surface area contributed by atoms with Gasteiger partial charge < -0.3 is 14.6 Å². The van der Waals surface area contributed by atoms with E-state index in [2.05, 4.69) is 19.2 Å². The maximum atomic E-state index is 12.4. The fourth-order valence-electron chi connectivity index (χ4n) is 2.58. The summed E-state index contributed by atoms with van der Waals surface area (Å²) < 4.78 is 5.17. The molecule has 0 bridgehead atoms. The topological polar surface area (TPSA) is 62.6 Å². The predicted molar refractivity (Wildman–Crippen MR) is 79.3 cm³/mol. The number of hydrogen-bond acceptors (Lipinski definition) is 3. The average Bonchev–Trinajstić information content (AvgIpc) is 3.11. The van der Waals surface area contributed by atoms with Crippen LogP contribution < -0.4 is 5.32 Å². The van der Waals surface area contributed by atoms with Crippen molar-refractivity contribution in [2.75, 3.05) is 13.1 Å².